The summed E-state index contributed by atoms with van der Waals surface area (Å²) in [5, 5.41) is 9.65. The van der Waals surface area contributed by atoms with Crippen molar-refractivity contribution >= 4 is 45.7 Å². The van der Waals surface area contributed by atoms with Crippen LogP contribution in [0.5, 0.6) is 0 Å². The highest BCUT2D eigenvalue weighted by Gasteiger charge is 2.34. The third-order valence-electron chi connectivity index (χ3n) is 14.2. The van der Waals surface area contributed by atoms with Crippen LogP contribution in [0.25, 0.3) is 21.8 Å². The molecule has 7 rings (SSSR count). The number of aromatic nitrogens is 3. The number of amides is 3. The highest BCUT2D eigenvalue weighted by Crippen LogP contribution is 2.29. The van der Waals surface area contributed by atoms with Gasteiger partial charge in [-0.2, -0.15) is 5.10 Å². The molecule has 15 heteroatoms. The number of nitrogens with zero attached hydrogens (tertiary/aromatic N) is 7. The molecule has 15 nitrogen and oxygen atoms in total. The Kier molecular flexibility index (Phi) is 17.9. The Morgan fingerprint density at radius 1 is 0.746 bits per heavy atom. The van der Waals surface area contributed by atoms with Crippen molar-refractivity contribution in [2.75, 3.05) is 59.4 Å². The van der Waals surface area contributed by atoms with Gasteiger partial charge in [0.25, 0.3) is 5.56 Å². The van der Waals surface area contributed by atoms with E-state index in [9.17, 15) is 24.0 Å². The van der Waals surface area contributed by atoms with Crippen LogP contribution in [-0.4, -0.2) is 129 Å². The molecule has 5 heterocycles. The van der Waals surface area contributed by atoms with Crippen molar-refractivity contribution in [3.05, 3.63) is 75.7 Å². The Hall–Kier alpha value is -5.28. The number of hydrogen-bond donors (Lipinski definition) is 1. The van der Waals surface area contributed by atoms with Gasteiger partial charge in [0.1, 0.15) is 6.04 Å². The topological polar surface area (TPSA) is 152 Å². The van der Waals surface area contributed by atoms with E-state index in [1.165, 1.54) is 6.42 Å². The molecular weight excluding hydrogens is 849 g/mol. The predicted molar refractivity (Wildman–Crippen MR) is 261 cm³/mol. The maximum atomic E-state index is 14.6. The summed E-state index contributed by atoms with van der Waals surface area (Å²) in [4.78, 5) is 76.5. The first-order valence-corrected chi connectivity index (χ1v) is 25.2. The van der Waals surface area contributed by atoms with Crippen LogP contribution >= 0.6 is 0 Å². The van der Waals surface area contributed by atoms with Crippen LogP contribution < -0.4 is 10.9 Å². The normalized spacial score (nSPS) is 17.3. The van der Waals surface area contributed by atoms with Gasteiger partial charge in [-0.05, 0) is 106 Å². The number of unbranched alkanes of at least 4 members (excludes halogenated alkanes) is 6. The maximum Gasteiger partial charge on any atom is 0.318 e. The van der Waals surface area contributed by atoms with Gasteiger partial charge in [0.05, 0.1) is 11.0 Å². The smallest absolute Gasteiger partial charge is 0.318 e. The molecule has 67 heavy (non-hydrogen) atoms. The summed E-state index contributed by atoms with van der Waals surface area (Å²) in [5.74, 6) is -0.734. The molecule has 3 aliphatic heterocycles. The van der Waals surface area contributed by atoms with Gasteiger partial charge in [-0.15, -0.1) is 0 Å². The van der Waals surface area contributed by atoms with E-state index in [-0.39, 0.29) is 48.8 Å². The maximum absolute atomic E-state index is 14.6. The Morgan fingerprint density at radius 2 is 1.40 bits per heavy atom. The van der Waals surface area contributed by atoms with E-state index in [0.29, 0.717) is 75.4 Å². The zero-order chi connectivity index (χ0) is 47.3. The fourth-order valence-electron chi connectivity index (χ4n) is 10.2. The number of benzene rings is 2. The number of ether oxygens (including phenoxy) is 2. The molecule has 3 fully saturated rings. The number of aryl methyl sites for hydroxylation is 1. The molecule has 4 aromatic rings. The molecule has 1 N–H and O–H groups in total. The Morgan fingerprint density at radius 3 is 2.12 bits per heavy atom. The standard InChI is InChI=1S/C52H74N8O7/c1-5-7-9-10-12-18-47(61)66-36-59-35-42-32-39(31-38(3)49(42)54-59)33-45(51(64)57-29-27-56(28-30-57)43-21-23-55(4)24-22-43)53-52(65)58-25-19-40(20-26-58)44-34-41-15-13-14-16-46(41)60(50(44)63)37-67-48(62)17-11-8-6-2/h13-16,31-32,34-35,40,43,45H,5-12,17-30,33,36-37H2,1-4H3,(H,53,65)/t45-/m1/s1. The fourth-order valence-corrected chi connectivity index (χ4v) is 10.2. The number of nitrogens with one attached hydrogen (secondary N) is 1. The number of rotatable bonds is 20. The van der Waals surface area contributed by atoms with Crippen LogP contribution in [0, 0.1) is 6.92 Å². The highest BCUT2D eigenvalue weighted by atomic mass is 16.5. The van der Waals surface area contributed by atoms with Crippen LogP contribution in [0.3, 0.4) is 0 Å². The summed E-state index contributed by atoms with van der Waals surface area (Å²) >= 11 is 0. The molecule has 1 atom stereocenters. The monoisotopic (exact) mass is 923 g/mol. The molecule has 3 aliphatic rings. The van der Waals surface area contributed by atoms with Crippen LogP contribution in [0.4, 0.5) is 4.79 Å². The number of carbonyl (C=O) groups excluding carboxylic acids is 4. The van der Waals surface area contributed by atoms with Crippen molar-refractivity contribution in [1.82, 2.24) is 39.3 Å². The molecular formula is C52H74N8O7. The lowest BCUT2D eigenvalue weighted by Gasteiger charge is -2.43. The number of piperidine rings is 2. The first-order chi connectivity index (χ1) is 32.5. The average molecular weight is 923 g/mol. The first-order valence-electron chi connectivity index (χ1n) is 25.2. The van der Waals surface area contributed by atoms with E-state index in [0.717, 1.165) is 111 Å². The van der Waals surface area contributed by atoms with Gasteiger partial charge in [-0.25, -0.2) is 9.48 Å². The molecule has 0 spiro atoms. The molecule has 0 radical (unpaired) electrons. The molecule has 364 valence electrons. The van der Waals surface area contributed by atoms with Gasteiger partial charge in [0, 0.05) is 81.7 Å². The number of piperazine rings is 1. The number of para-hydroxylation sites is 1. The van der Waals surface area contributed by atoms with Crippen LogP contribution in [0.15, 0.2) is 53.5 Å². The summed E-state index contributed by atoms with van der Waals surface area (Å²) in [6.45, 7) is 11.9. The van der Waals surface area contributed by atoms with E-state index in [1.807, 2.05) is 60.5 Å². The Balaban J connectivity index is 1.02. The predicted octanol–water partition coefficient (Wildman–Crippen LogP) is 7.34. The third-order valence-corrected chi connectivity index (χ3v) is 14.2. The molecule has 3 amide bonds. The Labute approximate surface area is 396 Å². The van der Waals surface area contributed by atoms with E-state index in [1.54, 1.807) is 14.1 Å². The summed E-state index contributed by atoms with van der Waals surface area (Å²) in [6, 6.07) is 13.1. The van der Waals surface area contributed by atoms with Crippen LogP contribution in [0.1, 0.15) is 126 Å². The number of carbonyl (C=O) groups is 4. The molecule has 2 aromatic heterocycles. The SMILES string of the molecule is CCCCCCCC(=O)OCn1cc2cc(C[C@@H](NC(=O)N3CCC(c4cc5ccccc5n(COC(=O)CCCCC)c4=O)CC3)C(=O)N3CCN(C4CCN(C)CC4)CC3)cc(C)c2n1. The quantitative estimate of drug-likeness (QED) is 0.0705. The number of urea groups is 1. The van der Waals surface area contributed by atoms with Gasteiger partial charge in [0.2, 0.25) is 5.91 Å². The van der Waals surface area contributed by atoms with Gasteiger partial charge in [-0.1, -0.05) is 76.6 Å². The lowest BCUT2D eigenvalue weighted by atomic mass is 9.89. The Bertz CT molecular complexity index is 2350. The summed E-state index contributed by atoms with van der Waals surface area (Å²) in [6.07, 6.45) is 14.3. The van der Waals surface area contributed by atoms with Crippen molar-refractivity contribution < 1.29 is 28.7 Å². The largest absolute Gasteiger partial charge is 0.444 e. The minimum atomic E-state index is -0.803. The molecule has 2 aromatic carbocycles. The van der Waals surface area contributed by atoms with E-state index in [2.05, 4.69) is 36.0 Å². The van der Waals surface area contributed by atoms with E-state index < -0.39 is 6.04 Å². The van der Waals surface area contributed by atoms with Crippen molar-refractivity contribution in [3.8, 4) is 0 Å². The second-order valence-corrected chi connectivity index (χ2v) is 19.2. The second kappa shape index (κ2) is 24.1. The lowest BCUT2D eigenvalue weighted by Crippen LogP contribution is -2.59. The minimum Gasteiger partial charge on any atom is -0.444 e. The molecule has 0 aliphatic carbocycles. The van der Waals surface area contributed by atoms with Crippen molar-refractivity contribution in [1.29, 1.82) is 0 Å². The van der Waals surface area contributed by atoms with Gasteiger partial charge >= 0.3 is 18.0 Å². The molecule has 3 saturated heterocycles. The number of fused-ring (bicyclic) bond motifs is 2. The zero-order valence-electron chi connectivity index (χ0n) is 40.5. The van der Waals surface area contributed by atoms with E-state index >= 15 is 0 Å². The fraction of sp³-hybridized carbons (Fsp3) is 0.615. The van der Waals surface area contributed by atoms with Gasteiger partial charge in [0.15, 0.2) is 13.5 Å². The summed E-state index contributed by atoms with van der Waals surface area (Å²) in [5.41, 5.74) is 3.80. The van der Waals surface area contributed by atoms with Crippen LogP contribution in [-0.2, 0) is 43.7 Å². The minimum absolute atomic E-state index is 0.0280. The molecule has 0 unspecified atom stereocenters. The van der Waals surface area contributed by atoms with Crippen molar-refractivity contribution in [3.63, 3.8) is 0 Å². The van der Waals surface area contributed by atoms with Gasteiger partial charge < -0.3 is 29.5 Å². The van der Waals surface area contributed by atoms with Crippen molar-refractivity contribution in [2.24, 2.45) is 0 Å². The van der Waals surface area contributed by atoms with Gasteiger partial charge in [-0.3, -0.25) is 28.6 Å². The summed E-state index contributed by atoms with van der Waals surface area (Å²) in [7, 11) is 2.17. The number of esters is 2. The van der Waals surface area contributed by atoms with E-state index in [4.69, 9.17) is 14.6 Å². The first kappa shape index (κ1) is 49.6. The third kappa shape index (κ3) is 13.2. The second-order valence-electron chi connectivity index (χ2n) is 19.2. The number of likely N-dealkylation sites (tertiary alicyclic amines) is 2. The number of hydrogen-bond acceptors (Lipinski definition) is 10. The highest BCUT2D eigenvalue weighted by molar-refractivity contribution is 5.88. The zero-order valence-corrected chi connectivity index (χ0v) is 40.5. The molecule has 0 bridgehead atoms. The lowest BCUT2D eigenvalue weighted by molar-refractivity contribution is -0.148. The van der Waals surface area contributed by atoms with Crippen molar-refractivity contribution in [2.45, 2.75) is 149 Å². The summed E-state index contributed by atoms with van der Waals surface area (Å²) < 4.78 is 14.4. The molecule has 0 saturated carbocycles. The average Bonchev–Trinajstić information content (AvgIpc) is 3.76. The number of pyridine rings is 1. The van der Waals surface area contributed by atoms with Crippen LogP contribution in [0.2, 0.25) is 0 Å².